The molecule has 3 unspecified atom stereocenters. The number of nitrogens with zero attached hydrogens (tertiary/aromatic N) is 2. The van der Waals surface area contributed by atoms with Gasteiger partial charge in [-0.05, 0) is 18.3 Å². The normalized spacial score (nSPS) is 30.0. The number of hydrogen-bond donors (Lipinski definition) is 1. The molecule has 0 radical (unpaired) electrons. The van der Waals surface area contributed by atoms with Gasteiger partial charge in [0.25, 0.3) is 0 Å². The Bertz CT molecular complexity index is 385. The molecule has 6 nitrogen and oxygen atoms in total. The Kier molecular flexibility index (Phi) is 4.52. The summed E-state index contributed by atoms with van der Waals surface area (Å²) in [5.41, 5.74) is 0. The van der Waals surface area contributed by atoms with Crippen LogP contribution in [0.4, 0.5) is 4.79 Å². The van der Waals surface area contributed by atoms with Crippen LogP contribution >= 0.6 is 0 Å². The average molecular weight is 284 g/mol. The van der Waals surface area contributed by atoms with Crippen LogP contribution in [0.25, 0.3) is 0 Å². The molecule has 3 atom stereocenters. The Morgan fingerprint density at radius 1 is 1.35 bits per heavy atom. The summed E-state index contributed by atoms with van der Waals surface area (Å²) in [4.78, 5) is 27.0. The number of ether oxygens (including phenoxy) is 1. The molecule has 20 heavy (non-hydrogen) atoms. The van der Waals surface area contributed by atoms with Gasteiger partial charge in [0.15, 0.2) is 0 Å². The van der Waals surface area contributed by atoms with Crippen LogP contribution in [-0.4, -0.2) is 66.3 Å². The molecule has 2 heterocycles. The SMILES string of the molecule is CC(C)C1CCN(C(=O)N(C)C2COCC2C(=O)O)C1. The molecule has 2 aliphatic heterocycles. The lowest BCUT2D eigenvalue weighted by molar-refractivity contribution is -0.142. The number of hydrogen-bond acceptors (Lipinski definition) is 3. The topological polar surface area (TPSA) is 70.1 Å². The molecular formula is C14H24N2O4. The van der Waals surface area contributed by atoms with E-state index in [2.05, 4.69) is 13.8 Å². The average Bonchev–Trinajstić information content (AvgIpc) is 3.05. The highest BCUT2D eigenvalue weighted by atomic mass is 16.5. The molecule has 114 valence electrons. The summed E-state index contributed by atoms with van der Waals surface area (Å²) in [6.45, 7) is 6.37. The maximum Gasteiger partial charge on any atom is 0.320 e. The van der Waals surface area contributed by atoms with Gasteiger partial charge in [0, 0.05) is 20.1 Å². The largest absolute Gasteiger partial charge is 0.481 e. The van der Waals surface area contributed by atoms with Crippen molar-refractivity contribution in [2.24, 2.45) is 17.8 Å². The van der Waals surface area contributed by atoms with Gasteiger partial charge in [0.2, 0.25) is 0 Å². The number of carbonyl (C=O) groups excluding carboxylic acids is 1. The van der Waals surface area contributed by atoms with E-state index in [0.29, 0.717) is 18.4 Å². The minimum atomic E-state index is -0.895. The van der Waals surface area contributed by atoms with Gasteiger partial charge in [-0.2, -0.15) is 0 Å². The first kappa shape index (κ1) is 15.1. The van der Waals surface area contributed by atoms with Crippen LogP contribution in [0, 0.1) is 17.8 Å². The van der Waals surface area contributed by atoms with E-state index in [1.165, 1.54) is 0 Å². The van der Waals surface area contributed by atoms with Gasteiger partial charge in [0.05, 0.1) is 19.3 Å². The van der Waals surface area contributed by atoms with E-state index in [1.807, 2.05) is 4.90 Å². The second-order valence-electron chi connectivity index (χ2n) is 6.18. The van der Waals surface area contributed by atoms with Crippen LogP contribution in [0.3, 0.4) is 0 Å². The summed E-state index contributed by atoms with van der Waals surface area (Å²) in [6, 6.07) is -0.437. The summed E-state index contributed by atoms with van der Waals surface area (Å²) in [5.74, 6) is -0.400. The van der Waals surface area contributed by atoms with Crippen molar-refractivity contribution < 1.29 is 19.4 Å². The third kappa shape index (κ3) is 2.90. The highest BCUT2D eigenvalue weighted by Crippen LogP contribution is 2.26. The van der Waals surface area contributed by atoms with Crippen molar-refractivity contribution in [2.45, 2.75) is 26.3 Å². The van der Waals surface area contributed by atoms with E-state index < -0.39 is 11.9 Å². The minimum absolute atomic E-state index is 0.0742. The number of likely N-dealkylation sites (N-methyl/N-ethyl adjacent to an activating group) is 1. The standard InChI is InChI=1S/C14H24N2O4/c1-9(2)10-4-5-16(6-10)14(19)15(3)12-8-20-7-11(12)13(17)18/h9-12H,4-8H2,1-3H3,(H,17,18). The van der Waals surface area contributed by atoms with Crippen LogP contribution in [-0.2, 0) is 9.53 Å². The van der Waals surface area contributed by atoms with Crippen molar-refractivity contribution in [1.29, 1.82) is 0 Å². The number of amides is 2. The van der Waals surface area contributed by atoms with Crippen molar-refractivity contribution in [3.05, 3.63) is 0 Å². The molecule has 2 saturated heterocycles. The van der Waals surface area contributed by atoms with Crippen LogP contribution in [0.15, 0.2) is 0 Å². The Morgan fingerprint density at radius 3 is 2.60 bits per heavy atom. The number of carboxylic acid groups (broad SMARTS) is 1. The molecule has 2 rings (SSSR count). The number of urea groups is 1. The first-order valence-corrected chi connectivity index (χ1v) is 7.24. The molecule has 0 bridgehead atoms. The third-order valence-electron chi connectivity index (χ3n) is 4.60. The maximum absolute atomic E-state index is 12.5. The summed E-state index contributed by atoms with van der Waals surface area (Å²) >= 11 is 0. The lowest BCUT2D eigenvalue weighted by Gasteiger charge is -2.30. The zero-order valence-corrected chi connectivity index (χ0v) is 12.4. The van der Waals surface area contributed by atoms with Crippen molar-refractivity contribution in [2.75, 3.05) is 33.4 Å². The van der Waals surface area contributed by atoms with Gasteiger partial charge < -0.3 is 19.6 Å². The van der Waals surface area contributed by atoms with E-state index in [-0.39, 0.29) is 18.7 Å². The molecular weight excluding hydrogens is 260 g/mol. The van der Waals surface area contributed by atoms with Crippen LogP contribution < -0.4 is 0 Å². The molecule has 0 aromatic rings. The molecule has 0 spiro atoms. The predicted molar refractivity (Wildman–Crippen MR) is 73.4 cm³/mol. The van der Waals surface area contributed by atoms with Gasteiger partial charge in [-0.3, -0.25) is 4.79 Å². The number of rotatable bonds is 3. The predicted octanol–water partition coefficient (Wildman–Crippen LogP) is 1.12. The summed E-state index contributed by atoms with van der Waals surface area (Å²) in [7, 11) is 1.68. The Balaban J connectivity index is 1.97. The first-order valence-electron chi connectivity index (χ1n) is 7.24. The minimum Gasteiger partial charge on any atom is -0.481 e. The van der Waals surface area contributed by atoms with Crippen molar-refractivity contribution in [3.63, 3.8) is 0 Å². The first-order chi connectivity index (χ1) is 9.41. The third-order valence-corrected chi connectivity index (χ3v) is 4.60. The molecule has 2 fully saturated rings. The highest BCUT2D eigenvalue weighted by Gasteiger charge is 2.40. The van der Waals surface area contributed by atoms with Gasteiger partial charge >= 0.3 is 12.0 Å². The fourth-order valence-corrected chi connectivity index (χ4v) is 3.03. The monoisotopic (exact) mass is 284 g/mol. The van der Waals surface area contributed by atoms with Crippen LogP contribution in [0.5, 0.6) is 0 Å². The number of likely N-dealkylation sites (tertiary alicyclic amines) is 1. The van der Waals surface area contributed by atoms with Gasteiger partial charge in [0.1, 0.15) is 5.92 Å². The Morgan fingerprint density at radius 2 is 2.05 bits per heavy atom. The van der Waals surface area contributed by atoms with E-state index in [0.717, 1.165) is 19.5 Å². The molecule has 6 heteroatoms. The quantitative estimate of drug-likeness (QED) is 0.843. The molecule has 2 aliphatic rings. The molecule has 0 aliphatic carbocycles. The van der Waals surface area contributed by atoms with E-state index in [1.54, 1.807) is 11.9 Å². The van der Waals surface area contributed by atoms with Crippen LogP contribution in [0.1, 0.15) is 20.3 Å². The summed E-state index contributed by atoms with van der Waals surface area (Å²) < 4.78 is 5.23. The highest BCUT2D eigenvalue weighted by molar-refractivity contribution is 5.77. The van der Waals surface area contributed by atoms with Crippen molar-refractivity contribution in [3.8, 4) is 0 Å². The number of carboxylic acids is 1. The number of aliphatic carboxylic acids is 1. The molecule has 0 aromatic carbocycles. The molecule has 0 saturated carbocycles. The maximum atomic E-state index is 12.5. The molecule has 0 aromatic heterocycles. The lowest BCUT2D eigenvalue weighted by Crippen LogP contribution is -2.49. The zero-order valence-electron chi connectivity index (χ0n) is 12.4. The van der Waals surface area contributed by atoms with Gasteiger partial charge in [-0.15, -0.1) is 0 Å². The van der Waals surface area contributed by atoms with Crippen molar-refractivity contribution in [1.82, 2.24) is 9.80 Å². The van der Waals surface area contributed by atoms with E-state index in [4.69, 9.17) is 9.84 Å². The van der Waals surface area contributed by atoms with Crippen LogP contribution in [0.2, 0.25) is 0 Å². The fraction of sp³-hybridized carbons (Fsp3) is 0.857. The van der Waals surface area contributed by atoms with Gasteiger partial charge in [-0.25, -0.2) is 4.79 Å². The van der Waals surface area contributed by atoms with Gasteiger partial charge in [-0.1, -0.05) is 13.8 Å². The number of carbonyl (C=O) groups is 2. The fourth-order valence-electron chi connectivity index (χ4n) is 3.03. The second kappa shape index (κ2) is 5.99. The Labute approximate surface area is 119 Å². The second-order valence-corrected chi connectivity index (χ2v) is 6.18. The zero-order chi connectivity index (χ0) is 14.9. The smallest absolute Gasteiger partial charge is 0.320 e. The summed E-state index contributed by atoms with van der Waals surface area (Å²) in [6.07, 6.45) is 1.03. The molecule has 1 N–H and O–H groups in total. The summed E-state index contributed by atoms with van der Waals surface area (Å²) in [5, 5.41) is 9.16. The molecule has 2 amide bonds. The van der Waals surface area contributed by atoms with Crippen molar-refractivity contribution >= 4 is 12.0 Å². The van der Waals surface area contributed by atoms with E-state index >= 15 is 0 Å². The Hall–Kier alpha value is -1.30. The lowest BCUT2D eigenvalue weighted by atomic mass is 9.95. The van der Waals surface area contributed by atoms with E-state index in [9.17, 15) is 9.59 Å².